The summed E-state index contributed by atoms with van der Waals surface area (Å²) in [5.41, 5.74) is 6.88. The molecule has 0 spiro atoms. The van der Waals surface area contributed by atoms with Gasteiger partial charge in [-0.05, 0) is 30.7 Å². The molecule has 106 valence electrons. The molecule has 6 heteroatoms. The lowest BCUT2D eigenvalue weighted by atomic mass is 10.1. The molecule has 0 radical (unpaired) electrons. The molecule has 0 aliphatic carbocycles. The number of halogens is 2. The van der Waals surface area contributed by atoms with E-state index in [9.17, 15) is 9.18 Å². The maximum atomic E-state index is 14.1. The van der Waals surface area contributed by atoms with Gasteiger partial charge in [0.15, 0.2) is 0 Å². The summed E-state index contributed by atoms with van der Waals surface area (Å²) in [6.45, 7) is 1.85. The Hall–Kier alpha value is -2.40. The highest BCUT2D eigenvalue weighted by molar-refractivity contribution is 6.31. The number of hydrogen-bond acceptors (Lipinski definition) is 3. The van der Waals surface area contributed by atoms with E-state index in [4.69, 9.17) is 17.3 Å². The van der Waals surface area contributed by atoms with Gasteiger partial charge >= 0.3 is 5.69 Å². The molecule has 0 amide bonds. The lowest BCUT2D eigenvalue weighted by Gasteiger charge is -2.13. The zero-order valence-electron chi connectivity index (χ0n) is 11.1. The molecule has 0 saturated heterocycles. The molecule has 2 N–H and O–H groups in total. The molecule has 21 heavy (non-hydrogen) atoms. The second-order valence-corrected chi connectivity index (χ2v) is 5.12. The Labute approximate surface area is 124 Å². The molecule has 0 atom stereocenters. The topological polar surface area (TPSA) is 60.9 Å². The van der Waals surface area contributed by atoms with E-state index in [1.165, 1.54) is 10.6 Å². The van der Waals surface area contributed by atoms with Gasteiger partial charge in [0.25, 0.3) is 0 Å². The van der Waals surface area contributed by atoms with Crippen LogP contribution in [0.15, 0.2) is 41.2 Å². The average molecular weight is 304 g/mol. The zero-order valence-corrected chi connectivity index (χ0v) is 11.9. The number of nitrogen functional groups attached to an aromatic ring is 1. The predicted molar refractivity (Wildman–Crippen MR) is 81.5 cm³/mol. The molecule has 0 bridgehead atoms. The Morgan fingerprint density at radius 2 is 2.00 bits per heavy atom. The van der Waals surface area contributed by atoms with Crippen molar-refractivity contribution in [1.29, 1.82) is 0 Å². The van der Waals surface area contributed by atoms with E-state index in [0.29, 0.717) is 11.2 Å². The Morgan fingerprint density at radius 3 is 2.71 bits per heavy atom. The number of aryl methyl sites for hydroxylation is 1. The molecular weight excluding hydrogens is 293 g/mol. The second kappa shape index (κ2) is 4.86. The molecule has 4 nitrogen and oxygen atoms in total. The number of hydrogen-bond donors (Lipinski definition) is 1. The number of para-hydroxylation sites is 1. The van der Waals surface area contributed by atoms with Crippen molar-refractivity contribution in [3.63, 3.8) is 0 Å². The number of nitrogens with zero attached hydrogens (tertiary/aromatic N) is 2. The lowest BCUT2D eigenvalue weighted by molar-refractivity contribution is 0.639. The van der Waals surface area contributed by atoms with Gasteiger partial charge in [-0.2, -0.15) is 4.98 Å². The number of nitrogens with two attached hydrogens (primary N) is 1. The fourth-order valence-electron chi connectivity index (χ4n) is 2.35. The number of anilines is 1. The number of benzene rings is 2. The van der Waals surface area contributed by atoms with Crippen LogP contribution in [-0.4, -0.2) is 9.55 Å². The van der Waals surface area contributed by atoms with Crippen molar-refractivity contribution >= 4 is 28.3 Å². The summed E-state index contributed by atoms with van der Waals surface area (Å²) < 4.78 is 15.4. The highest BCUT2D eigenvalue weighted by Crippen LogP contribution is 2.27. The van der Waals surface area contributed by atoms with Gasteiger partial charge in [0, 0.05) is 5.02 Å². The van der Waals surface area contributed by atoms with E-state index in [1.54, 1.807) is 12.1 Å². The Morgan fingerprint density at radius 1 is 1.29 bits per heavy atom. The minimum Gasteiger partial charge on any atom is -0.383 e. The van der Waals surface area contributed by atoms with E-state index < -0.39 is 11.5 Å². The Kier molecular flexibility index (Phi) is 3.14. The minimum absolute atomic E-state index is 0.0854. The van der Waals surface area contributed by atoms with E-state index in [1.807, 2.05) is 19.1 Å². The summed E-state index contributed by atoms with van der Waals surface area (Å²) in [7, 11) is 0. The third kappa shape index (κ3) is 2.15. The SMILES string of the molecule is Cc1ccccc1-n1c(=O)nc(N)c2c(F)cc(Cl)cc21. The van der Waals surface area contributed by atoms with E-state index in [0.717, 1.165) is 11.6 Å². The Bertz CT molecular complexity index is 921. The van der Waals surface area contributed by atoms with Crippen molar-refractivity contribution in [2.24, 2.45) is 0 Å². The first-order chi connectivity index (χ1) is 9.99. The molecule has 1 aromatic heterocycles. The van der Waals surface area contributed by atoms with Crippen molar-refractivity contribution in [2.75, 3.05) is 5.73 Å². The van der Waals surface area contributed by atoms with Gasteiger partial charge in [0.1, 0.15) is 11.6 Å². The second-order valence-electron chi connectivity index (χ2n) is 4.68. The van der Waals surface area contributed by atoms with Crippen LogP contribution in [-0.2, 0) is 0 Å². The van der Waals surface area contributed by atoms with Gasteiger partial charge in [0.05, 0.1) is 16.6 Å². The van der Waals surface area contributed by atoms with Gasteiger partial charge in [-0.25, -0.2) is 9.18 Å². The number of fused-ring (bicyclic) bond motifs is 1. The Balaban J connectivity index is 2.54. The van der Waals surface area contributed by atoms with Crippen LogP contribution in [0.3, 0.4) is 0 Å². The zero-order chi connectivity index (χ0) is 15.1. The van der Waals surface area contributed by atoms with Crippen molar-refractivity contribution in [3.05, 3.63) is 63.3 Å². The van der Waals surface area contributed by atoms with Gasteiger partial charge in [-0.1, -0.05) is 29.8 Å². The highest BCUT2D eigenvalue weighted by atomic mass is 35.5. The number of rotatable bonds is 1. The van der Waals surface area contributed by atoms with Gasteiger partial charge in [0.2, 0.25) is 0 Å². The van der Waals surface area contributed by atoms with Crippen molar-refractivity contribution in [2.45, 2.75) is 6.92 Å². The third-order valence-electron chi connectivity index (χ3n) is 3.29. The summed E-state index contributed by atoms with van der Waals surface area (Å²) >= 11 is 5.91. The van der Waals surface area contributed by atoms with E-state index in [-0.39, 0.29) is 16.2 Å². The van der Waals surface area contributed by atoms with Crippen molar-refractivity contribution < 1.29 is 4.39 Å². The van der Waals surface area contributed by atoms with Crippen molar-refractivity contribution in [1.82, 2.24) is 9.55 Å². The molecular formula is C15H11ClFN3O. The van der Waals surface area contributed by atoms with Crippen LogP contribution >= 0.6 is 11.6 Å². The highest BCUT2D eigenvalue weighted by Gasteiger charge is 2.15. The summed E-state index contributed by atoms with van der Waals surface area (Å²) in [4.78, 5) is 15.9. The van der Waals surface area contributed by atoms with Crippen molar-refractivity contribution in [3.8, 4) is 5.69 Å². The first-order valence-electron chi connectivity index (χ1n) is 6.22. The van der Waals surface area contributed by atoms with Crippen LogP contribution < -0.4 is 11.4 Å². The van der Waals surface area contributed by atoms with Crippen LogP contribution in [0.1, 0.15) is 5.56 Å². The molecule has 3 aromatic rings. The third-order valence-corrected chi connectivity index (χ3v) is 3.51. The monoisotopic (exact) mass is 303 g/mol. The molecule has 0 fully saturated rings. The molecule has 2 aromatic carbocycles. The lowest BCUT2D eigenvalue weighted by Crippen LogP contribution is -2.24. The fraction of sp³-hybridized carbons (Fsp3) is 0.0667. The van der Waals surface area contributed by atoms with Crippen LogP contribution in [0, 0.1) is 12.7 Å². The summed E-state index contributed by atoms with van der Waals surface area (Å²) in [5, 5.41) is 0.273. The van der Waals surface area contributed by atoms with Crippen LogP contribution in [0.4, 0.5) is 10.2 Å². The maximum Gasteiger partial charge on any atom is 0.354 e. The summed E-state index contributed by atoms with van der Waals surface area (Å²) in [6.07, 6.45) is 0. The van der Waals surface area contributed by atoms with Crippen LogP contribution in [0.25, 0.3) is 16.6 Å². The van der Waals surface area contributed by atoms with E-state index >= 15 is 0 Å². The normalized spacial score (nSPS) is 11.0. The first-order valence-corrected chi connectivity index (χ1v) is 6.60. The smallest absolute Gasteiger partial charge is 0.354 e. The molecule has 0 aliphatic rings. The van der Waals surface area contributed by atoms with Gasteiger partial charge < -0.3 is 5.73 Å². The molecule has 1 heterocycles. The van der Waals surface area contributed by atoms with Crippen LogP contribution in [0.5, 0.6) is 0 Å². The summed E-state index contributed by atoms with van der Waals surface area (Å²) in [6, 6.07) is 9.90. The average Bonchev–Trinajstić information content (AvgIpc) is 2.39. The maximum absolute atomic E-state index is 14.1. The van der Waals surface area contributed by atoms with E-state index in [2.05, 4.69) is 4.98 Å². The van der Waals surface area contributed by atoms with Crippen LogP contribution in [0.2, 0.25) is 5.02 Å². The largest absolute Gasteiger partial charge is 0.383 e. The molecule has 0 saturated carbocycles. The summed E-state index contributed by atoms with van der Waals surface area (Å²) in [5.74, 6) is -0.751. The first kappa shape index (κ1) is 13.6. The molecule has 0 unspecified atom stereocenters. The standard InChI is InChI=1S/C15H11ClFN3O/c1-8-4-2-3-5-11(8)20-12-7-9(16)6-10(17)13(12)14(18)19-15(20)21/h2-7H,1H3,(H2,18,19,21). The fourth-order valence-corrected chi connectivity index (χ4v) is 2.55. The van der Waals surface area contributed by atoms with Gasteiger partial charge in [-0.15, -0.1) is 0 Å². The molecule has 0 aliphatic heterocycles. The quantitative estimate of drug-likeness (QED) is 0.751. The number of aromatic nitrogens is 2. The predicted octanol–water partition coefficient (Wildman–Crippen LogP) is 3.07. The minimum atomic E-state index is -0.607. The van der Waals surface area contributed by atoms with Gasteiger partial charge in [-0.3, -0.25) is 4.57 Å². The molecule has 3 rings (SSSR count).